The first-order valence-corrected chi connectivity index (χ1v) is 7.73. The molecule has 0 amide bonds. The van der Waals surface area contributed by atoms with Crippen molar-refractivity contribution in [3.05, 3.63) is 60.4 Å². The number of rotatable bonds is 5. The summed E-state index contributed by atoms with van der Waals surface area (Å²) < 4.78 is 12.8. The number of aromatic nitrogens is 2. The SMILES string of the molecule is COc1cc(/C(C)=N/O)cc(-c2cnn(-c3ccccc3)c2)c1OC. The highest BCUT2D eigenvalue weighted by atomic mass is 16.5. The summed E-state index contributed by atoms with van der Waals surface area (Å²) >= 11 is 0. The van der Waals surface area contributed by atoms with Crippen molar-refractivity contribution in [3.8, 4) is 28.3 Å². The van der Waals surface area contributed by atoms with Gasteiger partial charge in [-0.1, -0.05) is 23.4 Å². The van der Waals surface area contributed by atoms with Crippen molar-refractivity contribution in [1.29, 1.82) is 0 Å². The molecular formula is C19H19N3O3. The number of nitrogens with zero attached hydrogens (tertiary/aromatic N) is 3. The minimum atomic E-state index is 0.484. The zero-order valence-corrected chi connectivity index (χ0v) is 14.3. The lowest BCUT2D eigenvalue weighted by Crippen LogP contribution is -2.00. The number of benzene rings is 2. The molecule has 1 aromatic heterocycles. The van der Waals surface area contributed by atoms with Crippen LogP contribution in [0.1, 0.15) is 12.5 Å². The molecule has 0 unspecified atom stereocenters. The maximum atomic E-state index is 9.09. The van der Waals surface area contributed by atoms with E-state index in [1.54, 1.807) is 38.1 Å². The Morgan fingerprint density at radius 3 is 2.52 bits per heavy atom. The van der Waals surface area contributed by atoms with Gasteiger partial charge in [-0.25, -0.2) is 4.68 Å². The molecule has 0 bridgehead atoms. The van der Waals surface area contributed by atoms with E-state index >= 15 is 0 Å². The first-order valence-electron chi connectivity index (χ1n) is 7.73. The van der Waals surface area contributed by atoms with Crippen LogP contribution >= 0.6 is 0 Å². The van der Waals surface area contributed by atoms with Gasteiger partial charge < -0.3 is 14.7 Å². The van der Waals surface area contributed by atoms with E-state index < -0.39 is 0 Å². The second-order valence-electron chi connectivity index (χ2n) is 5.45. The van der Waals surface area contributed by atoms with Crippen molar-refractivity contribution in [3.63, 3.8) is 0 Å². The summed E-state index contributed by atoms with van der Waals surface area (Å²) in [7, 11) is 3.17. The molecule has 3 rings (SSSR count). The van der Waals surface area contributed by atoms with Crippen molar-refractivity contribution in [2.45, 2.75) is 6.92 Å². The van der Waals surface area contributed by atoms with Crippen LogP contribution in [0.25, 0.3) is 16.8 Å². The van der Waals surface area contributed by atoms with Gasteiger partial charge in [0.2, 0.25) is 0 Å². The minimum Gasteiger partial charge on any atom is -0.493 e. The number of hydrogen-bond donors (Lipinski definition) is 1. The molecule has 0 atom stereocenters. The number of oxime groups is 1. The maximum Gasteiger partial charge on any atom is 0.168 e. The number of hydrogen-bond acceptors (Lipinski definition) is 5. The Kier molecular flexibility index (Phi) is 4.70. The van der Waals surface area contributed by atoms with Gasteiger partial charge in [0.15, 0.2) is 11.5 Å². The van der Waals surface area contributed by atoms with Crippen LogP contribution in [0.4, 0.5) is 0 Å². The highest BCUT2D eigenvalue weighted by molar-refractivity contribution is 6.00. The molecule has 25 heavy (non-hydrogen) atoms. The zero-order valence-electron chi connectivity index (χ0n) is 14.3. The normalized spacial score (nSPS) is 11.4. The molecule has 2 aromatic carbocycles. The van der Waals surface area contributed by atoms with Crippen LogP contribution in [0.3, 0.4) is 0 Å². The summed E-state index contributed by atoms with van der Waals surface area (Å²) in [6.07, 6.45) is 3.68. The van der Waals surface area contributed by atoms with E-state index in [2.05, 4.69) is 10.3 Å². The number of ether oxygens (including phenoxy) is 2. The highest BCUT2D eigenvalue weighted by Crippen LogP contribution is 2.39. The highest BCUT2D eigenvalue weighted by Gasteiger charge is 2.17. The second kappa shape index (κ2) is 7.09. The molecule has 0 saturated carbocycles. The molecule has 6 nitrogen and oxygen atoms in total. The van der Waals surface area contributed by atoms with Crippen molar-refractivity contribution in [1.82, 2.24) is 9.78 Å². The van der Waals surface area contributed by atoms with Crippen LogP contribution in [0.5, 0.6) is 11.5 Å². The smallest absolute Gasteiger partial charge is 0.168 e. The molecule has 1 N–H and O–H groups in total. The van der Waals surface area contributed by atoms with E-state index in [0.29, 0.717) is 17.2 Å². The van der Waals surface area contributed by atoms with Gasteiger partial charge in [-0.15, -0.1) is 0 Å². The zero-order chi connectivity index (χ0) is 17.8. The third kappa shape index (κ3) is 3.19. The Morgan fingerprint density at radius 1 is 1.12 bits per heavy atom. The first kappa shape index (κ1) is 16.6. The van der Waals surface area contributed by atoms with E-state index in [-0.39, 0.29) is 0 Å². The van der Waals surface area contributed by atoms with E-state index in [0.717, 1.165) is 22.4 Å². The van der Waals surface area contributed by atoms with Gasteiger partial charge >= 0.3 is 0 Å². The Morgan fingerprint density at radius 2 is 1.88 bits per heavy atom. The van der Waals surface area contributed by atoms with Gasteiger partial charge in [-0.05, 0) is 31.2 Å². The first-order chi connectivity index (χ1) is 12.2. The van der Waals surface area contributed by atoms with Gasteiger partial charge in [0.1, 0.15) is 0 Å². The number of para-hydroxylation sites is 1. The van der Waals surface area contributed by atoms with Crippen LogP contribution in [0.2, 0.25) is 0 Å². The Bertz CT molecular complexity index is 902. The Labute approximate surface area is 145 Å². The van der Waals surface area contributed by atoms with E-state index in [1.807, 2.05) is 42.6 Å². The molecule has 0 saturated heterocycles. The van der Waals surface area contributed by atoms with Gasteiger partial charge in [0.05, 0.1) is 31.8 Å². The molecule has 3 aromatic rings. The van der Waals surface area contributed by atoms with E-state index in [9.17, 15) is 0 Å². The fourth-order valence-electron chi connectivity index (χ4n) is 2.63. The van der Waals surface area contributed by atoms with Crippen LogP contribution in [0.15, 0.2) is 60.0 Å². The third-order valence-electron chi connectivity index (χ3n) is 3.96. The summed E-state index contributed by atoms with van der Waals surface area (Å²) in [6, 6.07) is 13.5. The third-order valence-corrected chi connectivity index (χ3v) is 3.96. The fourth-order valence-corrected chi connectivity index (χ4v) is 2.63. The lowest BCUT2D eigenvalue weighted by atomic mass is 10.0. The quantitative estimate of drug-likeness (QED) is 0.437. The maximum absolute atomic E-state index is 9.09. The standard InChI is InChI=1S/C19H19N3O3/c1-13(21-23)14-9-17(19(25-3)18(10-14)24-2)15-11-20-22(12-15)16-7-5-4-6-8-16/h4-12,23H,1-3H3/b21-13+. The molecule has 0 aliphatic rings. The summed E-state index contributed by atoms with van der Waals surface area (Å²) in [6.45, 7) is 1.72. The number of methoxy groups -OCH3 is 2. The molecule has 0 aliphatic heterocycles. The molecule has 0 radical (unpaired) electrons. The predicted molar refractivity (Wildman–Crippen MR) is 96.1 cm³/mol. The lowest BCUT2D eigenvalue weighted by molar-refractivity contribution is 0.319. The largest absolute Gasteiger partial charge is 0.493 e. The van der Waals surface area contributed by atoms with Crippen LogP contribution in [-0.2, 0) is 0 Å². The average molecular weight is 337 g/mol. The van der Waals surface area contributed by atoms with Crippen LogP contribution < -0.4 is 9.47 Å². The predicted octanol–water partition coefficient (Wildman–Crippen LogP) is 3.75. The minimum absolute atomic E-state index is 0.484. The van der Waals surface area contributed by atoms with Gasteiger partial charge in [-0.3, -0.25) is 0 Å². The van der Waals surface area contributed by atoms with Crippen LogP contribution in [0, 0.1) is 0 Å². The molecule has 0 spiro atoms. The van der Waals surface area contributed by atoms with Gasteiger partial charge in [0, 0.05) is 22.9 Å². The van der Waals surface area contributed by atoms with Crippen molar-refractivity contribution >= 4 is 5.71 Å². The Hall–Kier alpha value is -3.28. The molecule has 1 heterocycles. The summed E-state index contributed by atoms with van der Waals surface area (Å²) in [5.74, 6) is 1.16. The Balaban J connectivity index is 2.14. The topological polar surface area (TPSA) is 68.9 Å². The molecule has 0 fully saturated rings. The average Bonchev–Trinajstić information content (AvgIpc) is 3.16. The summed E-state index contributed by atoms with van der Waals surface area (Å²) in [5, 5.41) is 16.8. The molecule has 128 valence electrons. The summed E-state index contributed by atoms with van der Waals surface area (Å²) in [5.41, 5.74) is 3.86. The van der Waals surface area contributed by atoms with Crippen molar-refractivity contribution in [2.75, 3.05) is 14.2 Å². The van der Waals surface area contributed by atoms with Crippen molar-refractivity contribution < 1.29 is 14.7 Å². The molecule has 6 heteroatoms. The van der Waals surface area contributed by atoms with E-state index in [4.69, 9.17) is 14.7 Å². The second-order valence-corrected chi connectivity index (χ2v) is 5.45. The fraction of sp³-hybridized carbons (Fsp3) is 0.158. The lowest BCUT2D eigenvalue weighted by Gasteiger charge is -2.14. The monoisotopic (exact) mass is 337 g/mol. The van der Waals surface area contributed by atoms with Gasteiger partial charge in [-0.2, -0.15) is 5.10 Å². The van der Waals surface area contributed by atoms with Gasteiger partial charge in [0.25, 0.3) is 0 Å². The van der Waals surface area contributed by atoms with E-state index in [1.165, 1.54) is 0 Å². The molecular weight excluding hydrogens is 318 g/mol. The molecule has 0 aliphatic carbocycles. The van der Waals surface area contributed by atoms with Crippen molar-refractivity contribution in [2.24, 2.45) is 5.16 Å². The van der Waals surface area contributed by atoms with Crippen LogP contribution in [-0.4, -0.2) is 34.9 Å². The summed E-state index contributed by atoms with van der Waals surface area (Å²) in [4.78, 5) is 0.